The number of hydrogen-bond acceptors (Lipinski definition) is 2. The minimum Gasteiger partial charge on any atom is -0.321 e. The van der Waals surface area contributed by atoms with Crippen LogP contribution in [0.15, 0.2) is 30.3 Å². The Morgan fingerprint density at radius 1 is 1.29 bits per heavy atom. The molecule has 1 saturated heterocycles. The highest BCUT2D eigenvalue weighted by Crippen LogP contribution is 2.31. The van der Waals surface area contributed by atoms with E-state index in [0.29, 0.717) is 5.54 Å². The van der Waals surface area contributed by atoms with Gasteiger partial charge in [0.05, 0.1) is 5.54 Å². The molecule has 1 aliphatic heterocycles. The molecule has 2 N–H and O–H groups in total. The Balaban J connectivity index is 2.13. The topological polar surface area (TPSA) is 29.3 Å². The molecule has 17 heavy (non-hydrogen) atoms. The average molecular weight is 232 g/mol. The van der Waals surface area contributed by atoms with E-state index in [2.05, 4.69) is 49.9 Å². The van der Waals surface area contributed by atoms with Crippen LogP contribution in [-0.4, -0.2) is 23.5 Å². The van der Waals surface area contributed by atoms with Gasteiger partial charge in [0.1, 0.15) is 0 Å². The van der Waals surface area contributed by atoms with E-state index in [1.165, 1.54) is 24.9 Å². The molecule has 1 aromatic carbocycles. The molecule has 0 radical (unpaired) electrons. The molecule has 0 bridgehead atoms. The van der Waals surface area contributed by atoms with Gasteiger partial charge in [-0.05, 0) is 45.7 Å². The molecule has 0 spiro atoms. The van der Waals surface area contributed by atoms with Crippen molar-refractivity contribution in [1.82, 2.24) is 4.90 Å². The predicted octanol–water partition coefficient (Wildman–Crippen LogP) is 2.73. The first-order chi connectivity index (χ1) is 7.92. The zero-order valence-electron chi connectivity index (χ0n) is 11.2. The van der Waals surface area contributed by atoms with Crippen molar-refractivity contribution in [1.29, 1.82) is 0 Å². The molecule has 94 valence electrons. The number of hydrogen-bond donors (Lipinski definition) is 1. The number of nitrogens with two attached hydrogens (primary N) is 1. The van der Waals surface area contributed by atoms with Gasteiger partial charge in [-0.15, -0.1) is 0 Å². The van der Waals surface area contributed by atoms with Crippen LogP contribution in [0.25, 0.3) is 0 Å². The molecular weight excluding hydrogens is 208 g/mol. The first-order valence-electron chi connectivity index (χ1n) is 6.51. The minimum absolute atomic E-state index is 0.261. The van der Waals surface area contributed by atoms with Crippen molar-refractivity contribution < 1.29 is 0 Å². The van der Waals surface area contributed by atoms with Gasteiger partial charge in [-0.3, -0.25) is 4.90 Å². The van der Waals surface area contributed by atoms with Crippen molar-refractivity contribution in [3.8, 4) is 0 Å². The summed E-state index contributed by atoms with van der Waals surface area (Å²) in [4.78, 5) is 2.53. The maximum absolute atomic E-state index is 6.50. The standard InChI is InChI=1S/C15H24N2/c1-14(2)10-7-11-17(14)12-15(3,16)13-8-5-4-6-9-13/h4-6,8-9H,7,10-12,16H2,1-3H3. The van der Waals surface area contributed by atoms with E-state index in [1.54, 1.807) is 0 Å². The highest BCUT2D eigenvalue weighted by atomic mass is 15.2. The van der Waals surface area contributed by atoms with Crippen LogP contribution in [0.1, 0.15) is 39.2 Å². The molecule has 1 unspecified atom stereocenters. The smallest absolute Gasteiger partial charge is 0.0510 e. The quantitative estimate of drug-likeness (QED) is 0.868. The maximum Gasteiger partial charge on any atom is 0.0510 e. The van der Waals surface area contributed by atoms with Gasteiger partial charge in [0.2, 0.25) is 0 Å². The molecule has 0 saturated carbocycles. The normalized spacial score (nSPS) is 23.5. The van der Waals surface area contributed by atoms with Crippen LogP contribution in [0.4, 0.5) is 0 Å². The second-order valence-electron chi connectivity index (χ2n) is 6.12. The van der Waals surface area contributed by atoms with Gasteiger partial charge >= 0.3 is 0 Å². The maximum atomic E-state index is 6.50. The third kappa shape index (κ3) is 2.70. The third-order valence-corrected chi connectivity index (χ3v) is 4.03. The van der Waals surface area contributed by atoms with E-state index in [9.17, 15) is 0 Å². The van der Waals surface area contributed by atoms with Crippen molar-refractivity contribution in [2.75, 3.05) is 13.1 Å². The summed E-state index contributed by atoms with van der Waals surface area (Å²) < 4.78 is 0. The summed E-state index contributed by atoms with van der Waals surface area (Å²) in [7, 11) is 0. The summed E-state index contributed by atoms with van der Waals surface area (Å²) >= 11 is 0. The number of benzene rings is 1. The molecule has 0 amide bonds. The van der Waals surface area contributed by atoms with Crippen LogP contribution in [0.2, 0.25) is 0 Å². The van der Waals surface area contributed by atoms with Gasteiger partial charge in [0.25, 0.3) is 0 Å². The Morgan fingerprint density at radius 2 is 1.94 bits per heavy atom. The van der Waals surface area contributed by atoms with E-state index in [4.69, 9.17) is 5.73 Å². The van der Waals surface area contributed by atoms with Crippen LogP contribution >= 0.6 is 0 Å². The predicted molar refractivity (Wildman–Crippen MR) is 72.9 cm³/mol. The van der Waals surface area contributed by atoms with E-state index in [-0.39, 0.29) is 5.54 Å². The highest BCUT2D eigenvalue weighted by Gasteiger charge is 2.36. The second-order valence-corrected chi connectivity index (χ2v) is 6.12. The molecule has 1 aliphatic rings. The Hall–Kier alpha value is -0.860. The molecule has 2 nitrogen and oxygen atoms in total. The van der Waals surface area contributed by atoms with Crippen molar-refractivity contribution >= 4 is 0 Å². The number of likely N-dealkylation sites (tertiary alicyclic amines) is 1. The lowest BCUT2D eigenvalue weighted by Crippen LogP contribution is -2.50. The van der Waals surface area contributed by atoms with Gasteiger partial charge in [-0.2, -0.15) is 0 Å². The highest BCUT2D eigenvalue weighted by molar-refractivity contribution is 5.23. The van der Waals surface area contributed by atoms with Crippen molar-refractivity contribution in [2.24, 2.45) is 5.73 Å². The minimum atomic E-state index is -0.261. The zero-order chi connectivity index (χ0) is 12.5. The van der Waals surface area contributed by atoms with Crippen molar-refractivity contribution in [2.45, 2.75) is 44.7 Å². The largest absolute Gasteiger partial charge is 0.321 e. The molecule has 1 heterocycles. The van der Waals surface area contributed by atoms with Gasteiger partial charge in [-0.25, -0.2) is 0 Å². The molecule has 0 aromatic heterocycles. The Labute approximate surface area is 105 Å². The fourth-order valence-electron chi connectivity index (χ4n) is 2.76. The average Bonchev–Trinajstić information content (AvgIpc) is 2.59. The molecule has 2 rings (SSSR count). The fraction of sp³-hybridized carbons (Fsp3) is 0.600. The van der Waals surface area contributed by atoms with Crippen LogP contribution in [-0.2, 0) is 5.54 Å². The monoisotopic (exact) mass is 232 g/mol. The number of rotatable bonds is 3. The second kappa shape index (κ2) is 4.43. The Morgan fingerprint density at radius 3 is 2.47 bits per heavy atom. The first kappa shape index (κ1) is 12.6. The molecule has 2 heteroatoms. The summed E-state index contributed by atoms with van der Waals surface area (Å²) in [6.45, 7) is 8.88. The fourth-order valence-corrected chi connectivity index (χ4v) is 2.76. The molecule has 1 fully saturated rings. The van der Waals surface area contributed by atoms with Crippen LogP contribution in [0.3, 0.4) is 0 Å². The lowest BCUT2D eigenvalue weighted by atomic mass is 9.91. The van der Waals surface area contributed by atoms with Gasteiger partial charge in [0.15, 0.2) is 0 Å². The van der Waals surface area contributed by atoms with Gasteiger partial charge in [0, 0.05) is 12.1 Å². The summed E-state index contributed by atoms with van der Waals surface area (Å²) in [6.07, 6.45) is 2.57. The van der Waals surface area contributed by atoms with E-state index in [1.807, 2.05) is 6.07 Å². The molecule has 0 aliphatic carbocycles. The lowest BCUT2D eigenvalue weighted by Gasteiger charge is -2.38. The van der Waals surface area contributed by atoms with Crippen LogP contribution < -0.4 is 5.73 Å². The summed E-state index contributed by atoms with van der Waals surface area (Å²) in [6, 6.07) is 10.4. The lowest BCUT2D eigenvalue weighted by molar-refractivity contribution is 0.139. The zero-order valence-corrected chi connectivity index (χ0v) is 11.2. The summed E-state index contributed by atoms with van der Waals surface area (Å²) in [5, 5.41) is 0. The van der Waals surface area contributed by atoms with E-state index >= 15 is 0 Å². The Kier molecular flexibility index (Phi) is 3.28. The number of nitrogens with zero attached hydrogens (tertiary/aromatic N) is 1. The third-order valence-electron chi connectivity index (χ3n) is 4.03. The Bertz CT molecular complexity index is 368. The molecular formula is C15H24N2. The van der Waals surface area contributed by atoms with Crippen molar-refractivity contribution in [3.05, 3.63) is 35.9 Å². The van der Waals surface area contributed by atoms with Gasteiger partial charge in [-0.1, -0.05) is 30.3 Å². The van der Waals surface area contributed by atoms with Gasteiger partial charge < -0.3 is 5.73 Å². The SMILES string of the molecule is CC(N)(CN1CCCC1(C)C)c1ccccc1. The van der Waals surface area contributed by atoms with Crippen LogP contribution in [0.5, 0.6) is 0 Å². The first-order valence-corrected chi connectivity index (χ1v) is 6.51. The van der Waals surface area contributed by atoms with E-state index < -0.39 is 0 Å². The summed E-state index contributed by atoms with van der Waals surface area (Å²) in [5.41, 5.74) is 7.76. The van der Waals surface area contributed by atoms with Crippen molar-refractivity contribution in [3.63, 3.8) is 0 Å². The molecule has 1 atom stereocenters. The van der Waals surface area contributed by atoms with E-state index in [0.717, 1.165) is 6.54 Å². The van der Waals surface area contributed by atoms with Crippen LogP contribution in [0, 0.1) is 0 Å². The molecule has 1 aromatic rings. The summed E-state index contributed by atoms with van der Waals surface area (Å²) in [5.74, 6) is 0.